The van der Waals surface area contributed by atoms with Crippen LogP contribution in [-0.4, -0.2) is 43.8 Å². The summed E-state index contributed by atoms with van der Waals surface area (Å²) in [5.41, 5.74) is 0.0185. The molecule has 0 aromatic rings. The van der Waals surface area contributed by atoms with Gasteiger partial charge in [0.2, 0.25) is 0 Å². The summed E-state index contributed by atoms with van der Waals surface area (Å²) in [5.74, 6) is 0. The molecule has 0 spiro atoms. The lowest BCUT2D eigenvalue weighted by Gasteiger charge is -2.34. The first kappa shape index (κ1) is 17.7. The Labute approximate surface area is 109 Å². The van der Waals surface area contributed by atoms with E-state index in [1.165, 1.54) is 0 Å². The van der Waals surface area contributed by atoms with E-state index < -0.39 is 12.6 Å². The lowest BCUT2D eigenvalue weighted by Crippen LogP contribution is -2.43. The van der Waals surface area contributed by atoms with E-state index in [-0.39, 0.29) is 12.0 Å². The molecule has 0 aliphatic heterocycles. The van der Waals surface area contributed by atoms with Gasteiger partial charge < -0.3 is 10.2 Å². The van der Waals surface area contributed by atoms with Gasteiger partial charge in [0, 0.05) is 25.7 Å². The van der Waals surface area contributed by atoms with E-state index in [0.29, 0.717) is 12.6 Å². The zero-order valence-corrected chi connectivity index (χ0v) is 12.2. The van der Waals surface area contributed by atoms with Crippen molar-refractivity contribution in [3.05, 3.63) is 0 Å². The fourth-order valence-electron chi connectivity index (χ4n) is 1.79. The van der Waals surface area contributed by atoms with Gasteiger partial charge in [0.15, 0.2) is 0 Å². The van der Waals surface area contributed by atoms with Crippen LogP contribution in [0, 0.1) is 5.41 Å². The van der Waals surface area contributed by atoms with Gasteiger partial charge in [-0.1, -0.05) is 27.7 Å². The Balaban J connectivity index is 4.17. The zero-order chi connectivity index (χ0) is 14.4. The highest BCUT2D eigenvalue weighted by molar-refractivity contribution is 4.79. The first-order chi connectivity index (χ1) is 8.08. The average molecular weight is 268 g/mol. The molecule has 0 aliphatic rings. The van der Waals surface area contributed by atoms with Crippen molar-refractivity contribution in [2.75, 3.05) is 26.7 Å². The van der Waals surface area contributed by atoms with Crippen molar-refractivity contribution in [1.29, 1.82) is 0 Å². The Hall–Kier alpha value is -0.290. The monoisotopic (exact) mass is 268 g/mol. The molecule has 0 aromatic carbocycles. The Morgan fingerprint density at radius 2 is 1.78 bits per heavy atom. The minimum atomic E-state index is -4.06. The normalized spacial score (nSPS) is 16.3. The molecule has 0 amide bonds. The third-order valence-electron chi connectivity index (χ3n) is 3.22. The van der Waals surface area contributed by atoms with Crippen LogP contribution < -0.4 is 5.32 Å². The van der Waals surface area contributed by atoms with Gasteiger partial charge in [0.05, 0.1) is 6.42 Å². The van der Waals surface area contributed by atoms with Gasteiger partial charge in [-0.05, 0) is 18.9 Å². The van der Waals surface area contributed by atoms with Gasteiger partial charge in [0.25, 0.3) is 0 Å². The van der Waals surface area contributed by atoms with Crippen LogP contribution in [0.5, 0.6) is 0 Å². The van der Waals surface area contributed by atoms with E-state index in [4.69, 9.17) is 0 Å². The van der Waals surface area contributed by atoms with Gasteiger partial charge in [-0.3, -0.25) is 0 Å². The first-order valence-corrected chi connectivity index (χ1v) is 6.56. The number of rotatable bonds is 8. The van der Waals surface area contributed by atoms with Crippen molar-refractivity contribution >= 4 is 0 Å². The highest BCUT2D eigenvalue weighted by Crippen LogP contribution is 2.23. The molecule has 0 fully saturated rings. The molecular weight excluding hydrogens is 241 g/mol. The van der Waals surface area contributed by atoms with Crippen molar-refractivity contribution in [2.45, 2.75) is 52.8 Å². The van der Waals surface area contributed by atoms with Gasteiger partial charge in [-0.25, -0.2) is 0 Å². The molecule has 0 bridgehead atoms. The van der Waals surface area contributed by atoms with E-state index in [0.717, 1.165) is 13.0 Å². The predicted molar refractivity (Wildman–Crippen MR) is 69.7 cm³/mol. The molecule has 2 nitrogen and oxygen atoms in total. The van der Waals surface area contributed by atoms with E-state index in [1.807, 2.05) is 0 Å². The number of hydrogen-bond donors (Lipinski definition) is 1. The minimum Gasteiger partial charge on any atom is -0.314 e. The molecule has 1 atom stereocenters. The Kier molecular flexibility index (Phi) is 7.22. The molecule has 110 valence electrons. The number of nitrogens with zero attached hydrogens (tertiary/aromatic N) is 1. The summed E-state index contributed by atoms with van der Waals surface area (Å²) in [6.45, 7) is 9.93. The van der Waals surface area contributed by atoms with Crippen molar-refractivity contribution in [1.82, 2.24) is 10.2 Å². The molecule has 0 aliphatic carbocycles. The fourth-order valence-corrected chi connectivity index (χ4v) is 1.79. The summed E-state index contributed by atoms with van der Waals surface area (Å²) in [7, 11) is 1.76. The molecule has 1 N–H and O–H groups in total. The molecule has 0 heterocycles. The van der Waals surface area contributed by atoms with Crippen LogP contribution in [0.1, 0.15) is 40.5 Å². The summed E-state index contributed by atoms with van der Waals surface area (Å²) in [4.78, 5) is 1.78. The van der Waals surface area contributed by atoms with Crippen molar-refractivity contribution in [3.63, 3.8) is 0 Å². The molecule has 0 rings (SSSR count). The second kappa shape index (κ2) is 7.34. The molecule has 1 unspecified atom stereocenters. The largest absolute Gasteiger partial charge is 0.390 e. The van der Waals surface area contributed by atoms with E-state index in [1.54, 1.807) is 11.9 Å². The summed E-state index contributed by atoms with van der Waals surface area (Å²) in [6, 6.07) is 0.399. The number of hydrogen-bond acceptors (Lipinski definition) is 2. The zero-order valence-electron chi connectivity index (χ0n) is 12.2. The standard InChI is InChI=1S/C13H27F3N2/c1-6-12(4,9-17-11(2)3)10-18(5)8-7-13(14,15)16/h11,17H,6-10H2,1-5H3. The maximum Gasteiger partial charge on any atom is 0.390 e. The highest BCUT2D eigenvalue weighted by atomic mass is 19.4. The average Bonchev–Trinajstić information content (AvgIpc) is 2.23. The molecule has 0 radical (unpaired) electrons. The van der Waals surface area contributed by atoms with Crippen molar-refractivity contribution in [2.24, 2.45) is 5.41 Å². The van der Waals surface area contributed by atoms with Crippen LogP contribution in [0.4, 0.5) is 13.2 Å². The summed E-state index contributed by atoms with van der Waals surface area (Å²) < 4.78 is 36.4. The van der Waals surface area contributed by atoms with Gasteiger partial charge in [-0.15, -0.1) is 0 Å². The molecule has 0 aromatic heterocycles. The highest BCUT2D eigenvalue weighted by Gasteiger charge is 2.29. The summed E-state index contributed by atoms with van der Waals surface area (Å²) in [5, 5.41) is 3.37. The van der Waals surface area contributed by atoms with Crippen LogP contribution in [0.15, 0.2) is 0 Å². The van der Waals surface area contributed by atoms with Crippen LogP contribution in [0.25, 0.3) is 0 Å². The quantitative estimate of drug-likeness (QED) is 0.726. The fraction of sp³-hybridized carbons (Fsp3) is 1.00. The van der Waals surface area contributed by atoms with Gasteiger partial charge in [-0.2, -0.15) is 13.2 Å². The maximum absolute atomic E-state index is 12.1. The number of alkyl halides is 3. The Morgan fingerprint density at radius 3 is 2.17 bits per heavy atom. The van der Waals surface area contributed by atoms with Gasteiger partial charge in [0.1, 0.15) is 0 Å². The second-order valence-electron chi connectivity index (χ2n) is 5.80. The SMILES string of the molecule is CCC(C)(CNC(C)C)CN(C)CCC(F)(F)F. The molecular formula is C13H27F3N2. The Bertz CT molecular complexity index is 229. The van der Waals surface area contributed by atoms with E-state index in [2.05, 4.69) is 33.0 Å². The Morgan fingerprint density at radius 1 is 1.22 bits per heavy atom. The van der Waals surface area contributed by atoms with E-state index in [9.17, 15) is 13.2 Å². The minimum absolute atomic E-state index is 0.0185. The smallest absolute Gasteiger partial charge is 0.314 e. The molecule has 18 heavy (non-hydrogen) atoms. The summed E-state index contributed by atoms with van der Waals surface area (Å²) >= 11 is 0. The third kappa shape index (κ3) is 8.75. The topological polar surface area (TPSA) is 15.3 Å². The summed E-state index contributed by atoms with van der Waals surface area (Å²) in [6.07, 6.45) is -3.85. The van der Waals surface area contributed by atoms with Crippen LogP contribution in [0.3, 0.4) is 0 Å². The molecule has 5 heteroatoms. The lowest BCUT2D eigenvalue weighted by atomic mass is 9.86. The predicted octanol–water partition coefficient (Wildman–Crippen LogP) is 3.28. The van der Waals surface area contributed by atoms with Crippen LogP contribution in [-0.2, 0) is 0 Å². The lowest BCUT2D eigenvalue weighted by molar-refractivity contribution is -0.138. The van der Waals surface area contributed by atoms with Crippen LogP contribution in [0.2, 0.25) is 0 Å². The van der Waals surface area contributed by atoms with Crippen molar-refractivity contribution < 1.29 is 13.2 Å². The first-order valence-electron chi connectivity index (χ1n) is 6.56. The third-order valence-corrected chi connectivity index (χ3v) is 3.22. The molecule has 0 saturated carbocycles. The maximum atomic E-state index is 12.1. The number of nitrogens with one attached hydrogen (secondary N) is 1. The van der Waals surface area contributed by atoms with Crippen molar-refractivity contribution in [3.8, 4) is 0 Å². The molecule has 0 saturated heterocycles. The van der Waals surface area contributed by atoms with E-state index >= 15 is 0 Å². The van der Waals surface area contributed by atoms with Crippen LogP contribution >= 0.6 is 0 Å². The van der Waals surface area contributed by atoms with Gasteiger partial charge >= 0.3 is 6.18 Å². The number of halogens is 3. The second-order valence-corrected chi connectivity index (χ2v) is 5.80.